The molecular formula is C90H76BrF8N2OS+. The number of carbonyl (C=O) groups excluding carboxylic acids is 1. The molecule has 4 aliphatic carbocycles. The van der Waals surface area contributed by atoms with Crippen LogP contribution in [0.2, 0.25) is 0 Å². The van der Waals surface area contributed by atoms with E-state index in [1.807, 2.05) is 74.5 Å². The van der Waals surface area contributed by atoms with Crippen molar-refractivity contribution in [1.29, 1.82) is 0 Å². The van der Waals surface area contributed by atoms with E-state index >= 15 is 0 Å². The van der Waals surface area contributed by atoms with Gasteiger partial charge in [-0.1, -0.05) is 186 Å². The van der Waals surface area contributed by atoms with Gasteiger partial charge in [0.05, 0.1) is 10.2 Å². The van der Waals surface area contributed by atoms with Crippen LogP contribution in [0.25, 0.3) is 55.0 Å². The van der Waals surface area contributed by atoms with Crippen LogP contribution in [0.3, 0.4) is 0 Å². The lowest BCUT2D eigenvalue weighted by Crippen LogP contribution is -2.22. The van der Waals surface area contributed by atoms with E-state index in [4.69, 9.17) is 0 Å². The number of ketones is 1. The van der Waals surface area contributed by atoms with Crippen molar-refractivity contribution in [1.82, 2.24) is 0 Å². The second-order valence-corrected chi connectivity index (χ2v) is 29.4. The number of thiophene rings is 1. The average molecular weight is 1470 g/mol. The van der Waals surface area contributed by atoms with Gasteiger partial charge in [-0.25, -0.2) is 22.0 Å². The van der Waals surface area contributed by atoms with Crippen LogP contribution in [0.4, 0.5) is 40.8 Å². The highest BCUT2D eigenvalue weighted by atomic mass is 79.9. The number of alkyl halides is 3. The van der Waals surface area contributed by atoms with E-state index in [2.05, 4.69) is 121 Å². The summed E-state index contributed by atoms with van der Waals surface area (Å²) < 4.78 is 107. The number of aryl methyl sites for hydroxylation is 5. The van der Waals surface area contributed by atoms with Crippen molar-refractivity contribution in [2.45, 2.75) is 105 Å². The lowest BCUT2D eigenvalue weighted by molar-refractivity contribution is -0.442. The van der Waals surface area contributed by atoms with Gasteiger partial charge in [-0.15, -0.1) is 11.3 Å². The number of halogens is 9. The first-order valence-corrected chi connectivity index (χ1v) is 36.1. The minimum Gasteiger partial charge on any atom is -0.294 e. The number of hydrogen-bond acceptors (Lipinski definition) is 3. The van der Waals surface area contributed by atoms with Crippen LogP contribution in [0, 0.1) is 69.1 Å². The van der Waals surface area contributed by atoms with Crippen molar-refractivity contribution >= 4 is 83.6 Å². The van der Waals surface area contributed by atoms with E-state index < -0.39 is 17.7 Å². The number of hydrazone groups is 1. The molecule has 1 aliphatic heterocycles. The minimum absolute atomic E-state index is 0.146. The molecule has 520 valence electrons. The molecule has 5 aliphatic rings. The van der Waals surface area contributed by atoms with Gasteiger partial charge in [-0.2, -0.15) is 13.2 Å². The molecule has 1 aromatic heterocycles. The number of Topliss-reactive ketones (excluding diaryl/α,β-unsaturated/α-hetero) is 1. The van der Waals surface area contributed by atoms with Crippen LogP contribution in [-0.2, 0) is 4.79 Å². The normalized spacial score (nSPS) is 15.1. The van der Waals surface area contributed by atoms with Crippen molar-refractivity contribution < 1.29 is 44.6 Å². The van der Waals surface area contributed by atoms with Gasteiger partial charge in [-0.05, 0) is 263 Å². The van der Waals surface area contributed by atoms with Crippen molar-refractivity contribution in [3.63, 3.8) is 0 Å². The van der Waals surface area contributed by atoms with Gasteiger partial charge in [0.15, 0.2) is 11.5 Å². The maximum absolute atomic E-state index is 13.2. The van der Waals surface area contributed by atoms with E-state index in [-0.39, 0.29) is 35.5 Å². The average Bonchev–Trinajstić information content (AvgIpc) is 1.59. The fourth-order valence-electron chi connectivity index (χ4n) is 13.5. The first kappa shape index (κ1) is 72.8. The molecule has 0 bridgehead atoms. The molecule has 3 nitrogen and oxygen atoms in total. The summed E-state index contributed by atoms with van der Waals surface area (Å²) in [6, 6.07) is 75.4. The summed E-state index contributed by atoms with van der Waals surface area (Å²) in [7, 11) is 0. The molecular weight excluding hydrogens is 1390 g/mol. The molecule has 0 unspecified atom stereocenters. The Bertz CT molecular complexity index is 4810. The Morgan fingerprint density at radius 2 is 0.738 bits per heavy atom. The molecule has 0 amide bonds. The van der Waals surface area contributed by atoms with Crippen molar-refractivity contribution in [3.8, 4) is 21.6 Å². The van der Waals surface area contributed by atoms with E-state index in [1.165, 1.54) is 151 Å². The Morgan fingerprint density at radius 3 is 1.14 bits per heavy atom. The fraction of sp³-hybridized carbons (Fsp3) is 0.189. The molecule has 1 fully saturated rings. The van der Waals surface area contributed by atoms with Gasteiger partial charge in [0.2, 0.25) is 11.4 Å². The Balaban J connectivity index is 0.000000121. The summed E-state index contributed by atoms with van der Waals surface area (Å²) in [5.74, 6) is -1.11. The van der Waals surface area contributed by atoms with Crippen molar-refractivity contribution in [2.75, 3.05) is 0 Å². The van der Waals surface area contributed by atoms with Crippen LogP contribution < -0.4 is 0 Å². The molecule has 2 heterocycles. The maximum Gasteiger partial charge on any atom is 0.435 e. The molecule has 0 radical (unpaired) electrons. The van der Waals surface area contributed by atoms with Gasteiger partial charge >= 0.3 is 6.18 Å². The SMILES string of the molecule is Cc1ccc(-c2cc(Br)sc2-c2ccc(F)cc2)cc1.Cc1ccc(C2=C(c3ccc(F)cc3)C(=O)CC2)cc1.Cc1ccc(C2=C(c3ccc(F)cc3)CC3(CC3)C2)cc1.Cc1ccc(C2=C(c3ccc(F)cc3)CCC2)cc1.Cc1ccc([N+]2=C(c3ccc(F)cc3)CC(C(F)(F)F)=N2)cc1. The Kier molecular flexibility index (Phi) is 22.7. The van der Waals surface area contributed by atoms with Crippen molar-refractivity contribution in [3.05, 3.63) is 348 Å². The number of hydrogen-bond donors (Lipinski definition) is 0. The summed E-state index contributed by atoms with van der Waals surface area (Å²) in [5.41, 5.74) is 24.9. The number of benzene rings is 10. The quantitative estimate of drug-likeness (QED) is 0.0992. The van der Waals surface area contributed by atoms with Gasteiger partial charge < -0.3 is 0 Å². The first-order valence-electron chi connectivity index (χ1n) is 34.5. The zero-order valence-corrected chi connectivity index (χ0v) is 60.3. The zero-order chi connectivity index (χ0) is 72.5. The van der Waals surface area contributed by atoms with Crippen LogP contribution >= 0.6 is 27.3 Å². The smallest absolute Gasteiger partial charge is 0.294 e. The highest BCUT2D eigenvalue weighted by molar-refractivity contribution is 9.11. The molecule has 0 atom stereocenters. The standard InChI is InChI=1S/C20H19F.C18H15FO.C18H17F.C17H12BrFS.C17H13F4N2/c1-14-2-4-15(5-3-14)18-12-20(10-11-20)13-19(18)16-6-8-17(21)9-7-16;1-12-2-4-13(5-3-12)16-10-11-17(20)18(16)14-6-8-15(19)9-7-14;1-13-5-7-14(8-6-13)17-3-2-4-18(17)15-9-11-16(19)12-10-15;1-11-2-4-12(5-3-11)15-10-16(18)20-17(15)13-6-8-14(19)9-7-13;1-11-2-8-14(9-3-11)23-15(10-16(22-23)17(19,20)21)12-4-6-13(18)7-5-12/h2-9H,10-13H2,1H3;2-9H,10-11H2,1H3;5-12H,2-4H2,1H3;2-10H,1H3;2-9H,10H2,1H3/q;;;;+1. The van der Waals surface area contributed by atoms with Gasteiger partial charge in [-0.3, -0.25) is 4.79 Å². The molecule has 0 saturated heterocycles. The van der Waals surface area contributed by atoms with E-state index in [0.29, 0.717) is 28.8 Å². The van der Waals surface area contributed by atoms with Crippen LogP contribution in [-0.4, -0.2) is 28.1 Å². The minimum atomic E-state index is -4.50. The monoisotopic (exact) mass is 1460 g/mol. The van der Waals surface area contributed by atoms with Crippen LogP contribution in [0.5, 0.6) is 0 Å². The van der Waals surface area contributed by atoms with E-state index in [0.717, 1.165) is 73.3 Å². The third-order valence-electron chi connectivity index (χ3n) is 19.3. The largest absolute Gasteiger partial charge is 0.435 e. The third-order valence-corrected chi connectivity index (χ3v) is 21.0. The molecule has 103 heavy (non-hydrogen) atoms. The molecule has 13 heteroatoms. The van der Waals surface area contributed by atoms with Gasteiger partial charge in [0.1, 0.15) is 29.1 Å². The summed E-state index contributed by atoms with van der Waals surface area (Å²) >= 11 is 5.22. The number of rotatable bonds is 10. The Morgan fingerprint density at radius 1 is 0.398 bits per heavy atom. The summed E-state index contributed by atoms with van der Waals surface area (Å²) in [6.07, 6.45) is 4.88. The van der Waals surface area contributed by atoms with Gasteiger partial charge in [0.25, 0.3) is 0 Å². The van der Waals surface area contributed by atoms with Gasteiger partial charge in [0, 0.05) is 45.2 Å². The molecule has 11 aromatic rings. The first-order chi connectivity index (χ1) is 49.5. The topological polar surface area (TPSA) is 32.4 Å². The second kappa shape index (κ2) is 32.2. The summed E-state index contributed by atoms with van der Waals surface area (Å²) in [5, 5.41) is 3.73. The lowest BCUT2D eigenvalue weighted by Gasteiger charge is -2.09. The van der Waals surface area contributed by atoms with Crippen LogP contribution in [0.15, 0.2) is 258 Å². The highest BCUT2D eigenvalue weighted by Crippen LogP contribution is 2.63. The zero-order valence-electron chi connectivity index (χ0n) is 57.9. The highest BCUT2D eigenvalue weighted by Gasteiger charge is 2.48. The summed E-state index contributed by atoms with van der Waals surface area (Å²) in [6.45, 7) is 10.2. The number of nitrogens with zero attached hydrogens (tertiary/aromatic N) is 2. The van der Waals surface area contributed by atoms with E-state index in [9.17, 15) is 39.9 Å². The predicted octanol–water partition coefficient (Wildman–Crippen LogP) is 26.1. The lowest BCUT2D eigenvalue weighted by atomic mass is 9.96. The fourth-order valence-corrected chi connectivity index (χ4v) is 15.1. The van der Waals surface area contributed by atoms with E-state index in [1.54, 1.807) is 72.0 Å². The molecule has 16 rings (SSSR count). The molecule has 0 N–H and O–H groups in total. The Hall–Kier alpha value is -9.95. The number of allylic oxidation sites excluding steroid dienone is 6. The van der Waals surface area contributed by atoms with Crippen molar-refractivity contribution in [2.24, 2.45) is 10.5 Å². The predicted molar refractivity (Wildman–Crippen MR) is 409 cm³/mol. The molecule has 1 saturated carbocycles. The molecule has 1 spiro atoms. The maximum atomic E-state index is 13.2. The molecule has 10 aromatic carbocycles. The summed E-state index contributed by atoms with van der Waals surface area (Å²) in [4.78, 5) is 13.3. The third kappa shape index (κ3) is 18.3. The second-order valence-electron chi connectivity index (χ2n) is 27.0. The Labute approximate surface area is 609 Å². The number of carbonyl (C=O) groups is 1. The van der Waals surface area contributed by atoms with Crippen LogP contribution in [0.1, 0.15) is 131 Å².